The Morgan fingerprint density at radius 2 is 2.04 bits per heavy atom. The highest BCUT2D eigenvalue weighted by atomic mass is 32.2. The fourth-order valence-electron chi connectivity index (χ4n) is 3.57. The first-order chi connectivity index (χ1) is 10.9. The molecule has 1 aliphatic carbocycles. The second-order valence-electron chi connectivity index (χ2n) is 6.72. The Hall–Kier alpha value is -1.40. The summed E-state index contributed by atoms with van der Waals surface area (Å²) in [7, 11) is -3.17. The van der Waals surface area contributed by atoms with E-state index < -0.39 is 10.0 Å². The molecule has 2 aliphatic rings. The van der Waals surface area contributed by atoms with Crippen molar-refractivity contribution in [3.05, 3.63) is 34.9 Å². The summed E-state index contributed by atoms with van der Waals surface area (Å²) < 4.78 is 25.0. The largest absolute Gasteiger partial charge is 0.338 e. The monoisotopic (exact) mass is 336 g/mol. The summed E-state index contributed by atoms with van der Waals surface area (Å²) in [6, 6.07) is 6.07. The molecule has 0 radical (unpaired) electrons. The van der Waals surface area contributed by atoms with Gasteiger partial charge in [-0.05, 0) is 61.3 Å². The van der Waals surface area contributed by atoms with Crippen molar-refractivity contribution in [2.75, 3.05) is 25.9 Å². The van der Waals surface area contributed by atoms with Crippen molar-refractivity contribution in [1.82, 2.24) is 9.62 Å². The van der Waals surface area contributed by atoms with Gasteiger partial charge in [-0.15, -0.1) is 0 Å². The van der Waals surface area contributed by atoms with Crippen LogP contribution in [-0.4, -0.2) is 45.1 Å². The summed E-state index contributed by atoms with van der Waals surface area (Å²) >= 11 is 0. The minimum absolute atomic E-state index is 0.0729. The maximum absolute atomic E-state index is 12.7. The van der Waals surface area contributed by atoms with E-state index in [1.165, 1.54) is 23.8 Å². The van der Waals surface area contributed by atoms with E-state index in [2.05, 4.69) is 10.8 Å². The van der Waals surface area contributed by atoms with Crippen LogP contribution < -0.4 is 4.72 Å². The van der Waals surface area contributed by atoms with Gasteiger partial charge in [-0.2, -0.15) is 0 Å². The second-order valence-corrected chi connectivity index (χ2v) is 8.55. The van der Waals surface area contributed by atoms with Gasteiger partial charge in [0.05, 0.1) is 6.26 Å². The number of carbonyl (C=O) groups excluding carboxylic acids is 1. The third-order valence-electron chi connectivity index (χ3n) is 4.79. The number of aryl methyl sites for hydroxylation is 2. The van der Waals surface area contributed by atoms with Gasteiger partial charge in [-0.1, -0.05) is 6.07 Å². The molecule has 3 rings (SSSR count). The van der Waals surface area contributed by atoms with Gasteiger partial charge in [0.15, 0.2) is 0 Å². The first kappa shape index (κ1) is 16.5. The molecular weight excluding hydrogens is 312 g/mol. The normalized spacial score (nSPS) is 21.3. The van der Waals surface area contributed by atoms with Gasteiger partial charge >= 0.3 is 0 Å². The fourth-order valence-corrected chi connectivity index (χ4v) is 4.11. The molecular formula is C17H24N2O3S. The van der Waals surface area contributed by atoms with Crippen molar-refractivity contribution in [2.45, 2.75) is 32.1 Å². The molecule has 1 N–H and O–H groups in total. The molecule has 6 heteroatoms. The predicted octanol–water partition coefficient (Wildman–Crippen LogP) is 1.58. The first-order valence-corrected chi connectivity index (χ1v) is 10.2. The molecule has 1 fully saturated rings. The first-order valence-electron chi connectivity index (χ1n) is 8.28. The number of hydrogen-bond acceptors (Lipinski definition) is 3. The van der Waals surface area contributed by atoms with E-state index in [1.54, 1.807) is 0 Å². The summed E-state index contributed by atoms with van der Waals surface area (Å²) in [6.07, 6.45) is 6.41. The summed E-state index contributed by atoms with van der Waals surface area (Å²) in [5.74, 6) is 0.264. The number of piperidine rings is 1. The molecule has 126 valence electrons. The summed E-state index contributed by atoms with van der Waals surface area (Å²) in [5.41, 5.74) is 3.45. The Balaban J connectivity index is 1.65. The maximum Gasteiger partial charge on any atom is 0.253 e. The van der Waals surface area contributed by atoms with Crippen LogP contribution in [0.15, 0.2) is 18.2 Å². The lowest BCUT2D eigenvalue weighted by molar-refractivity contribution is 0.0676. The standard InChI is InChI=1S/C17H24N2O3S/c1-23(21,22)18-11-13-4-3-9-19(12-13)17(20)16-8-7-14-5-2-6-15(14)10-16/h7-8,10,13,18H,2-6,9,11-12H2,1H3/t13-/m1/s1. The van der Waals surface area contributed by atoms with Crippen LogP contribution in [0.25, 0.3) is 0 Å². The molecule has 5 nitrogen and oxygen atoms in total. The van der Waals surface area contributed by atoms with Crippen molar-refractivity contribution in [1.29, 1.82) is 0 Å². The van der Waals surface area contributed by atoms with Gasteiger partial charge in [0.1, 0.15) is 0 Å². The maximum atomic E-state index is 12.7. The number of nitrogens with one attached hydrogen (secondary N) is 1. The van der Waals surface area contributed by atoms with Gasteiger partial charge in [0.25, 0.3) is 5.91 Å². The van der Waals surface area contributed by atoms with Crippen LogP contribution in [0.5, 0.6) is 0 Å². The van der Waals surface area contributed by atoms with Gasteiger partial charge in [0, 0.05) is 25.2 Å². The highest BCUT2D eigenvalue weighted by molar-refractivity contribution is 7.88. The van der Waals surface area contributed by atoms with Gasteiger partial charge in [0.2, 0.25) is 10.0 Å². The molecule has 0 saturated carbocycles. The van der Waals surface area contributed by atoms with Crippen molar-refractivity contribution in [2.24, 2.45) is 5.92 Å². The van der Waals surface area contributed by atoms with Crippen LogP contribution in [0, 0.1) is 5.92 Å². The minimum atomic E-state index is -3.17. The molecule has 0 aromatic heterocycles. The van der Waals surface area contributed by atoms with Crippen LogP contribution >= 0.6 is 0 Å². The van der Waals surface area contributed by atoms with E-state index in [4.69, 9.17) is 0 Å². The lowest BCUT2D eigenvalue weighted by atomic mass is 9.97. The van der Waals surface area contributed by atoms with Crippen molar-refractivity contribution in [3.8, 4) is 0 Å². The molecule has 23 heavy (non-hydrogen) atoms. The molecule has 1 heterocycles. The Labute approximate surface area is 138 Å². The molecule has 1 amide bonds. The number of amides is 1. The molecule has 0 spiro atoms. The Bertz CT molecular complexity index is 700. The molecule has 1 aromatic carbocycles. The smallest absolute Gasteiger partial charge is 0.253 e. The van der Waals surface area contributed by atoms with Crippen molar-refractivity contribution in [3.63, 3.8) is 0 Å². The Morgan fingerprint density at radius 1 is 1.26 bits per heavy atom. The Kier molecular flexibility index (Phi) is 4.73. The number of sulfonamides is 1. The van der Waals surface area contributed by atoms with Crippen molar-refractivity contribution < 1.29 is 13.2 Å². The highest BCUT2D eigenvalue weighted by Gasteiger charge is 2.25. The van der Waals surface area contributed by atoms with Gasteiger partial charge < -0.3 is 4.90 Å². The summed E-state index contributed by atoms with van der Waals surface area (Å²) in [4.78, 5) is 14.6. The number of fused-ring (bicyclic) bond motifs is 1. The van der Waals surface area contributed by atoms with Crippen LogP contribution in [-0.2, 0) is 22.9 Å². The Morgan fingerprint density at radius 3 is 2.83 bits per heavy atom. The second kappa shape index (κ2) is 6.61. The average molecular weight is 336 g/mol. The third-order valence-corrected chi connectivity index (χ3v) is 5.48. The zero-order valence-corrected chi connectivity index (χ0v) is 14.4. The lowest BCUT2D eigenvalue weighted by Gasteiger charge is -2.33. The van der Waals surface area contributed by atoms with E-state index in [0.717, 1.165) is 37.8 Å². The van der Waals surface area contributed by atoms with Crippen LogP contribution in [0.1, 0.15) is 40.7 Å². The molecule has 1 atom stereocenters. The molecule has 1 aliphatic heterocycles. The SMILES string of the molecule is CS(=O)(=O)NC[C@H]1CCCN(C(=O)c2ccc3c(c2)CCC3)C1. The van der Waals surface area contributed by atoms with Crippen LogP contribution in [0.3, 0.4) is 0 Å². The number of benzene rings is 1. The van der Waals surface area contributed by atoms with E-state index in [-0.39, 0.29) is 11.8 Å². The zero-order chi connectivity index (χ0) is 16.4. The summed E-state index contributed by atoms with van der Waals surface area (Å²) in [6.45, 7) is 1.79. The number of carbonyl (C=O) groups is 1. The predicted molar refractivity (Wildman–Crippen MR) is 89.9 cm³/mol. The zero-order valence-electron chi connectivity index (χ0n) is 13.5. The van der Waals surface area contributed by atoms with Crippen LogP contribution in [0.4, 0.5) is 0 Å². The number of likely N-dealkylation sites (tertiary alicyclic amines) is 1. The van der Waals surface area contributed by atoms with E-state index in [0.29, 0.717) is 13.1 Å². The third kappa shape index (κ3) is 4.12. The minimum Gasteiger partial charge on any atom is -0.338 e. The highest BCUT2D eigenvalue weighted by Crippen LogP contribution is 2.24. The summed E-state index contributed by atoms with van der Waals surface area (Å²) in [5, 5.41) is 0. The van der Waals surface area contributed by atoms with Crippen LogP contribution in [0.2, 0.25) is 0 Å². The molecule has 1 saturated heterocycles. The lowest BCUT2D eigenvalue weighted by Crippen LogP contribution is -2.43. The number of rotatable bonds is 4. The van der Waals surface area contributed by atoms with E-state index in [9.17, 15) is 13.2 Å². The number of hydrogen-bond donors (Lipinski definition) is 1. The fraction of sp³-hybridized carbons (Fsp3) is 0.588. The van der Waals surface area contributed by atoms with Gasteiger partial charge in [-0.3, -0.25) is 4.79 Å². The molecule has 0 bridgehead atoms. The average Bonchev–Trinajstić information content (AvgIpc) is 2.99. The molecule has 1 aromatic rings. The van der Waals surface area contributed by atoms with E-state index >= 15 is 0 Å². The quantitative estimate of drug-likeness (QED) is 0.908. The van der Waals surface area contributed by atoms with E-state index in [1.807, 2.05) is 17.0 Å². The molecule has 0 unspecified atom stereocenters. The van der Waals surface area contributed by atoms with Crippen molar-refractivity contribution >= 4 is 15.9 Å². The number of nitrogens with zero attached hydrogens (tertiary/aromatic N) is 1. The topological polar surface area (TPSA) is 66.5 Å². The van der Waals surface area contributed by atoms with Gasteiger partial charge in [-0.25, -0.2) is 13.1 Å².